The molecule has 7 heteroatoms. The first-order valence-corrected chi connectivity index (χ1v) is 8.84. The third-order valence-electron chi connectivity index (χ3n) is 4.41. The van der Waals surface area contributed by atoms with Gasteiger partial charge in [0.1, 0.15) is 0 Å². The second-order valence-corrected chi connectivity index (χ2v) is 6.81. The first-order valence-electron chi connectivity index (χ1n) is 7.96. The van der Waals surface area contributed by atoms with Crippen molar-refractivity contribution < 1.29 is 14.1 Å². The minimum atomic E-state index is -0.137. The Morgan fingerprint density at radius 1 is 1.35 bits per heavy atom. The van der Waals surface area contributed by atoms with Crippen molar-refractivity contribution in [2.45, 2.75) is 12.8 Å². The first-order chi connectivity index (χ1) is 11.3. The van der Waals surface area contributed by atoms with Gasteiger partial charge in [0.15, 0.2) is 11.5 Å². The number of aryl methyl sites for hydroxylation is 1. The summed E-state index contributed by atoms with van der Waals surface area (Å²) >= 11 is 1.73. The van der Waals surface area contributed by atoms with E-state index in [1.807, 2.05) is 6.07 Å². The number of carbonyl (C=O) groups is 1. The number of aromatic nitrogens is 1. The molecule has 122 valence electrons. The average molecular weight is 333 g/mol. The van der Waals surface area contributed by atoms with Gasteiger partial charge >= 0.3 is 0 Å². The van der Waals surface area contributed by atoms with Gasteiger partial charge < -0.3 is 14.6 Å². The van der Waals surface area contributed by atoms with E-state index in [0.717, 1.165) is 62.6 Å². The van der Waals surface area contributed by atoms with Gasteiger partial charge in [-0.25, -0.2) is 0 Å². The zero-order valence-corrected chi connectivity index (χ0v) is 13.7. The summed E-state index contributed by atoms with van der Waals surface area (Å²) < 4.78 is 10.8. The third kappa shape index (κ3) is 2.91. The van der Waals surface area contributed by atoms with Crippen LogP contribution in [-0.4, -0.2) is 55.4 Å². The largest absolute Gasteiger partial charge is 0.379 e. The van der Waals surface area contributed by atoms with Crippen molar-refractivity contribution in [2.24, 2.45) is 0 Å². The molecule has 1 saturated heterocycles. The fraction of sp³-hybridized carbons (Fsp3) is 0.500. The van der Waals surface area contributed by atoms with E-state index >= 15 is 0 Å². The van der Waals surface area contributed by atoms with Crippen molar-refractivity contribution in [3.63, 3.8) is 0 Å². The topological polar surface area (TPSA) is 67.6 Å². The van der Waals surface area contributed by atoms with Crippen molar-refractivity contribution in [3.05, 3.63) is 27.6 Å². The quantitative estimate of drug-likeness (QED) is 0.920. The monoisotopic (exact) mass is 333 g/mol. The minimum Gasteiger partial charge on any atom is -0.379 e. The van der Waals surface area contributed by atoms with Gasteiger partial charge in [-0.1, -0.05) is 5.16 Å². The molecule has 0 unspecified atom stereocenters. The van der Waals surface area contributed by atoms with Gasteiger partial charge in [-0.15, -0.1) is 11.3 Å². The van der Waals surface area contributed by atoms with Gasteiger partial charge in [0.2, 0.25) is 0 Å². The molecule has 0 saturated carbocycles. The predicted molar refractivity (Wildman–Crippen MR) is 86.8 cm³/mol. The van der Waals surface area contributed by atoms with Crippen LogP contribution in [0.5, 0.6) is 0 Å². The van der Waals surface area contributed by atoms with Crippen LogP contribution >= 0.6 is 11.3 Å². The lowest BCUT2D eigenvalue weighted by atomic mass is 9.95. The maximum absolute atomic E-state index is 12.4. The average Bonchev–Trinajstić information content (AvgIpc) is 3.21. The fourth-order valence-corrected chi connectivity index (χ4v) is 4.02. The molecule has 1 N–H and O–H groups in total. The lowest BCUT2D eigenvalue weighted by molar-refractivity contribution is 0.0383. The van der Waals surface area contributed by atoms with Crippen LogP contribution in [-0.2, 0) is 17.6 Å². The summed E-state index contributed by atoms with van der Waals surface area (Å²) in [6.45, 7) is 4.85. The summed E-state index contributed by atoms with van der Waals surface area (Å²) in [6, 6.07) is 2.04. The number of morpholine rings is 1. The SMILES string of the molecule is O=C(NCCN1CCOCC1)c1noc2c1CCc1sccc1-2. The molecule has 2 aromatic rings. The van der Waals surface area contributed by atoms with Gasteiger partial charge in [0, 0.05) is 42.2 Å². The second-order valence-electron chi connectivity index (χ2n) is 5.81. The molecule has 0 bridgehead atoms. The van der Waals surface area contributed by atoms with E-state index < -0.39 is 0 Å². The summed E-state index contributed by atoms with van der Waals surface area (Å²) in [6.07, 6.45) is 1.77. The van der Waals surface area contributed by atoms with E-state index in [0.29, 0.717) is 12.2 Å². The number of ether oxygens (including phenoxy) is 1. The highest BCUT2D eigenvalue weighted by Crippen LogP contribution is 2.37. The molecule has 0 radical (unpaired) electrons. The molecule has 1 aliphatic carbocycles. The highest BCUT2D eigenvalue weighted by Gasteiger charge is 2.28. The van der Waals surface area contributed by atoms with Crippen LogP contribution in [0.15, 0.2) is 16.0 Å². The molecular weight excluding hydrogens is 314 g/mol. The number of hydrogen-bond acceptors (Lipinski definition) is 6. The number of thiophene rings is 1. The van der Waals surface area contributed by atoms with E-state index in [2.05, 4.69) is 20.8 Å². The highest BCUT2D eigenvalue weighted by atomic mass is 32.1. The van der Waals surface area contributed by atoms with Crippen LogP contribution in [0, 0.1) is 0 Å². The van der Waals surface area contributed by atoms with Gasteiger partial charge in [-0.05, 0) is 24.3 Å². The zero-order valence-electron chi connectivity index (χ0n) is 12.8. The van der Waals surface area contributed by atoms with Crippen molar-refractivity contribution >= 4 is 17.2 Å². The Morgan fingerprint density at radius 2 is 2.22 bits per heavy atom. The molecule has 0 atom stereocenters. The Balaban J connectivity index is 1.40. The molecule has 2 aromatic heterocycles. The zero-order chi connectivity index (χ0) is 15.6. The van der Waals surface area contributed by atoms with Crippen molar-refractivity contribution in [2.75, 3.05) is 39.4 Å². The molecule has 1 fully saturated rings. The molecule has 6 nitrogen and oxygen atoms in total. The van der Waals surface area contributed by atoms with E-state index in [4.69, 9.17) is 9.26 Å². The number of hydrogen-bond donors (Lipinski definition) is 1. The van der Waals surface area contributed by atoms with E-state index in [1.54, 1.807) is 11.3 Å². The van der Waals surface area contributed by atoms with Gasteiger partial charge in [0.05, 0.1) is 13.2 Å². The van der Waals surface area contributed by atoms with Crippen LogP contribution in [0.2, 0.25) is 0 Å². The highest BCUT2D eigenvalue weighted by molar-refractivity contribution is 7.10. The molecule has 1 amide bonds. The number of amides is 1. The number of fused-ring (bicyclic) bond motifs is 3. The van der Waals surface area contributed by atoms with E-state index in [1.165, 1.54) is 4.88 Å². The van der Waals surface area contributed by atoms with E-state index in [9.17, 15) is 4.79 Å². The molecule has 23 heavy (non-hydrogen) atoms. The lowest BCUT2D eigenvalue weighted by Crippen LogP contribution is -2.41. The normalized spacial score (nSPS) is 17.6. The summed E-state index contributed by atoms with van der Waals surface area (Å²) in [5.41, 5.74) is 2.48. The standard InChI is InChI=1S/C16H19N3O3S/c20-16(17-4-5-19-6-8-21-9-7-19)14-12-1-2-13-11(3-10-23-13)15(12)22-18-14/h3,10H,1-2,4-9H2,(H,17,20). The summed E-state index contributed by atoms with van der Waals surface area (Å²) in [4.78, 5) is 16.0. The first kappa shape index (κ1) is 14.9. The van der Waals surface area contributed by atoms with Crippen molar-refractivity contribution in [3.8, 4) is 11.3 Å². The smallest absolute Gasteiger partial charge is 0.273 e. The maximum atomic E-state index is 12.4. The fourth-order valence-electron chi connectivity index (χ4n) is 3.14. The van der Waals surface area contributed by atoms with Gasteiger partial charge in [-0.3, -0.25) is 9.69 Å². The Labute approximate surface area is 138 Å². The van der Waals surface area contributed by atoms with Crippen molar-refractivity contribution in [1.29, 1.82) is 0 Å². The Kier molecular flexibility index (Phi) is 4.15. The molecule has 2 aliphatic rings. The minimum absolute atomic E-state index is 0.137. The number of carbonyl (C=O) groups excluding carboxylic acids is 1. The van der Waals surface area contributed by atoms with Gasteiger partial charge in [-0.2, -0.15) is 0 Å². The molecule has 0 aromatic carbocycles. The Morgan fingerprint density at radius 3 is 3.09 bits per heavy atom. The number of rotatable bonds is 4. The molecule has 1 aliphatic heterocycles. The summed E-state index contributed by atoms with van der Waals surface area (Å²) in [5, 5.41) is 9.04. The number of nitrogens with zero attached hydrogens (tertiary/aromatic N) is 2. The molecule has 4 rings (SSSR count). The van der Waals surface area contributed by atoms with Crippen LogP contribution in [0.3, 0.4) is 0 Å². The summed E-state index contributed by atoms with van der Waals surface area (Å²) in [5.74, 6) is 0.632. The van der Waals surface area contributed by atoms with Crippen LogP contribution in [0.25, 0.3) is 11.3 Å². The van der Waals surface area contributed by atoms with Crippen LogP contribution in [0.4, 0.5) is 0 Å². The van der Waals surface area contributed by atoms with Crippen molar-refractivity contribution in [1.82, 2.24) is 15.4 Å². The van der Waals surface area contributed by atoms with Crippen LogP contribution in [0.1, 0.15) is 20.9 Å². The Hall–Kier alpha value is -1.70. The number of nitrogens with one attached hydrogen (secondary N) is 1. The molecule has 3 heterocycles. The van der Waals surface area contributed by atoms with Crippen LogP contribution < -0.4 is 5.32 Å². The molecule has 0 spiro atoms. The lowest BCUT2D eigenvalue weighted by Gasteiger charge is -2.26. The third-order valence-corrected chi connectivity index (χ3v) is 5.39. The molecular formula is C16H19N3O3S. The maximum Gasteiger partial charge on any atom is 0.273 e. The second kappa shape index (κ2) is 6.43. The van der Waals surface area contributed by atoms with Gasteiger partial charge in [0.25, 0.3) is 5.91 Å². The summed E-state index contributed by atoms with van der Waals surface area (Å²) in [7, 11) is 0. The van der Waals surface area contributed by atoms with E-state index in [-0.39, 0.29) is 5.91 Å². The predicted octanol–water partition coefficient (Wildman–Crippen LogP) is 1.56. The Bertz CT molecular complexity index is 703.